The number of methoxy groups -OCH3 is 2. The molecule has 2 aliphatic rings. The lowest BCUT2D eigenvalue weighted by molar-refractivity contribution is -0.115. The molecule has 9 nitrogen and oxygen atoms in total. The Hall–Kier alpha value is -3.89. The molecule has 10 heteroatoms. The monoisotopic (exact) mass is 576 g/mol. The van der Waals surface area contributed by atoms with Crippen LogP contribution in [0.1, 0.15) is 42.9 Å². The maximum absolute atomic E-state index is 13.8. The average Bonchev–Trinajstić information content (AvgIpc) is 3.74. The highest BCUT2D eigenvalue weighted by Crippen LogP contribution is 2.39. The predicted octanol–water partition coefficient (Wildman–Crippen LogP) is 5.04. The number of hydrazone groups is 1. The van der Waals surface area contributed by atoms with Crippen LogP contribution in [0.3, 0.4) is 0 Å². The van der Waals surface area contributed by atoms with E-state index in [0.717, 1.165) is 36.1 Å². The van der Waals surface area contributed by atoms with Gasteiger partial charge in [0.1, 0.15) is 16.4 Å². The summed E-state index contributed by atoms with van der Waals surface area (Å²) in [6.45, 7) is 4.01. The van der Waals surface area contributed by atoms with Gasteiger partial charge in [-0.25, -0.2) is 13.1 Å². The van der Waals surface area contributed by atoms with E-state index in [2.05, 4.69) is 10.0 Å². The first kappa shape index (κ1) is 28.6. The van der Waals surface area contributed by atoms with Gasteiger partial charge in [-0.05, 0) is 68.0 Å². The molecule has 1 amide bonds. The molecule has 1 fully saturated rings. The topological polar surface area (TPSA) is 109 Å². The zero-order valence-electron chi connectivity index (χ0n) is 23.8. The van der Waals surface area contributed by atoms with E-state index < -0.39 is 10.0 Å². The van der Waals surface area contributed by atoms with Crippen molar-refractivity contribution in [3.05, 3.63) is 77.4 Å². The molecular weight excluding hydrogens is 540 g/mol. The summed E-state index contributed by atoms with van der Waals surface area (Å²) in [5, 5.41) is 9.52. The molecule has 1 aliphatic heterocycles. The Morgan fingerprint density at radius 1 is 1.02 bits per heavy atom. The second-order valence-electron chi connectivity index (χ2n) is 10.6. The van der Waals surface area contributed by atoms with Crippen molar-refractivity contribution < 1.29 is 22.7 Å². The molecule has 2 N–H and O–H groups in total. The highest BCUT2D eigenvalue weighted by atomic mass is 32.2. The van der Waals surface area contributed by atoms with Crippen molar-refractivity contribution in [2.45, 2.75) is 57.0 Å². The minimum atomic E-state index is -4.04. The molecule has 1 atom stereocenters. The fourth-order valence-corrected chi connectivity index (χ4v) is 6.27. The number of rotatable bonds is 11. The zero-order chi connectivity index (χ0) is 29.1. The molecule has 1 aliphatic carbocycles. The Morgan fingerprint density at radius 3 is 2.51 bits per heavy atom. The number of hydrogen-bond acceptors (Lipinski definition) is 7. The molecule has 0 spiro atoms. The summed E-state index contributed by atoms with van der Waals surface area (Å²) in [5.74, 6) is 1.38. The van der Waals surface area contributed by atoms with E-state index in [4.69, 9.17) is 14.6 Å². The van der Waals surface area contributed by atoms with E-state index in [1.807, 2.05) is 38.1 Å². The fraction of sp³-hybridized carbons (Fsp3) is 0.355. The van der Waals surface area contributed by atoms with Crippen LogP contribution in [0.4, 0.5) is 11.4 Å². The number of nitrogens with zero attached hydrogens (tertiary/aromatic N) is 2. The summed E-state index contributed by atoms with van der Waals surface area (Å²) in [6.07, 6.45) is 3.24. The third-order valence-corrected chi connectivity index (χ3v) is 8.98. The van der Waals surface area contributed by atoms with Crippen LogP contribution in [0.2, 0.25) is 0 Å². The van der Waals surface area contributed by atoms with Gasteiger partial charge in [-0.2, -0.15) is 5.10 Å². The van der Waals surface area contributed by atoms with E-state index in [9.17, 15) is 13.2 Å². The smallest absolute Gasteiger partial charge is 0.243 e. The Kier molecular flexibility index (Phi) is 8.32. The molecule has 1 heterocycles. The van der Waals surface area contributed by atoms with Gasteiger partial charge in [0.25, 0.3) is 0 Å². The fourth-order valence-electron chi connectivity index (χ4n) is 5.05. The number of benzene rings is 3. The van der Waals surface area contributed by atoms with Crippen LogP contribution < -0.4 is 24.5 Å². The number of ether oxygens (including phenoxy) is 2. The summed E-state index contributed by atoms with van der Waals surface area (Å²) < 4.78 is 41.1. The molecule has 5 rings (SSSR count). The number of aryl methyl sites for hydroxylation is 1. The second kappa shape index (κ2) is 11.9. The van der Waals surface area contributed by atoms with Gasteiger partial charge in [0.15, 0.2) is 0 Å². The van der Waals surface area contributed by atoms with Crippen LogP contribution in [-0.4, -0.2) is 40.3 Å². The summed E-state index contributed by atoms with van der Waals surface area (Å²) in [7, 11) is -0.952. The van der Waals surface area contributed by atoms with Gasteiger partial charge in [0, 0.05) is 36.0 Å². The van der Waals surface area contributed by atoms with Crippen molar-refractivity contribution in [1.29, 1.82) is 0 Å². The maximum Gasteiger partial charge on any atom is 0.243 e. The summed E-state index contributed by atoms with van der Waals surface area (Å²) in [5.41, 5.74) is 4.58. The first-order chi connectivity index (χ1) is 19.7. The standard InChI is InChI=1S/C31H36N4O5S/c1-20-7-5-6-8-23(20)16-31(36)33-25-12-14-28(35-21(2)15-27(34-35)22-9-10-22)30(17-25)41(37,38)32-19-24-11-13-26(39-3)18-29(24)40-4/h5-8,11-14,17-18,21-22,32H,9-10,15-16,19H2,1-4H3,(H,33,36). The van der Waals surface area contributed by atoms with Crippen molar-refractivity contribution in [3.8, 4) is 11.5 Å². The Morgan fingerprint density at radius 2 is 1.80 bits per heavy atom. The van der Waals surface area contributed by atoms with Crippen LogP contribution in [0, 0.1) is 12.8 Å². The molecule has 1 unspecified atom stereocenters. The molecule has 0 radical (unpaired) electrons. The summed E-state index contributed by atoms with van der Waals surface area (Å²) >= 11 is 0. The van der Waals surface area contributed by atoms with Crippen LogP contribution >= 0.6 is 0 Å². The molecule has 3 aromatic carbocycles. The molecular formula is C31H36N4O5S. The molecule has 0 bridgehead atoms. The minimum Gasteiger partial charge on any atom is -0.497 e. The SMILES string of the molecule is COc1ccc(CNS(=O)(=O)c2cc(NC(=O)Cc3ccccc3C)ccc2N2N=C(C3CC3)CC2C)c(OC)c1. The van der Waals surface area contributed by atoms with E-state index in [1.165, 1.54) is 13.2 Å². The maximum atomic E-state index is 13.8. The second-order valence-corrected chi connectivity index (χ2v) is 12.3. The first-order valence-electron chi connectivity index (χ1n) is 13.7. The molecule has 1 saturated carbocycles. The number of carbonyl (C=O) groups is 1. The highest BCUT2D eigenvalue weighted by molar-refractivity contribution is 7.89. The van der Waals surface area contributed by atoms with Crippen LogP contribution in [0.15, 0.2) is 70.7 Å². The molecule has 41 heavy (non-hydrogen) atoms. The van der Waals surface area contributed by atoms with Crippen molar-refractivity contribution in [2.75, 3.05) is 24.5 Å². The third kappa shape index (κ3) is 6.55. The van der Waals surface area contributed by atoms with Gasteiger partial charge in [-0.1, -0.05) is 30.3 Å². The van der Waals surface area contributed by atoms with Crippen molar-refractivity contribution in [1.82, 2.24) is 4.72 Å². The normalized spacial score (nSPS) is 16.8. The van der Waals surface area contributed by atoms with Crippen LogP contribution in [0.5, 0.6) is 11.5 Å². The lowest BCUT2D eigenvalue weighted by atomic mass is 10.1. The number of nitrogens with one attached hydrogen (secondary N) is 2. The molecule has 3 aromatic rings. The highest BCUT2D eigenvalue weighted by Gasteiger charge is 2.36. The van der Waals surface area contributed by atoms with Gasteiger partial charge in [-0.3, -0.25) is 9.80 Å². The third-order valence-electron chi connectivity index (χ3n) is 7.55. The van der Waals surface area contributed by atoms with Gasteiger partial charge < -0.3 is 14.8 Å². The van der Waals surface area contributed by atoms with E-state index >= 15 is 0 Å². The predicted molar refractivity (Wildman–Crippen MR) is 160 cm³/mol. The van der Waals surface area contributed by atoms with Gasteiger partial charge in [0.05, 0.1) is 32.4 Å². The number of carbonyl (C=O) groups excluding carboxylic acids is 1. The van der Waals surface area contributed by atoms with Crippen molar-refractivity contribution >= 4 is 33.0 Å². The number of hydrogen-bond donors (Lipinski definition) is 2. The van der Waals surface area contributed by atoms with Gasteiger partial charge in [0.2, 0.25) is 15.9 Å². The van der Waals surface area contributed by atoms with Crippen LogP contribution in [-0.2, 0) is 27.8 Å². The van der Waals surface area contributed by atoms with E-state index in [-0.39, 0.29) is 29.8 Å². The van der Waals surface area contributed by atoms with E-state index in [0.29, 0.717) is 34.4 Å². The lowest BCUT2D eigenvalue weighted by Crippen LogP contribution is -2.29. The van der Waals surface area contributed by atoms with Gasteiger partial charge in [-0.15, -0.1) is 0 Å². The molecule has 0 aromatic heterocycles. The van der Waals surface area contributed by atoms with Crippen LogP contribution in [0.25, 0.3) is 0 Å². The summed E-state index contributed by atoms with van der Waals surface area (Å²) in [4.78, 5) is 13.0. The molecule has 0 saturated heterocycles. The Bertz CT molecular complexity index is 1580. The lowest BCUT2D eigenvalue weighted by Gasteiger charge is -2.24. The van der Waals surface area contributed by atoms with E-state index in [1.54, 1.807) is 42.5 Å². The van der Waals surface area contributed by atoms with Crippen molar-refractivity contribution in [2.24, 2.45) is 11.0 Å². The number of sulfonamides is 1. The van der Waals surface area contributed by atoms with Gasteiger partial charge >= 0.3 is 0 Å². The zero-order valence-corrected chi connectivity index (χ0v) is 24.6. The van der Waals surface area contributed by atoms with Crippen molar-refractivity contribution in [3.63, 3.8) is 0 Å². The Labute approximate surface area is 241 Å². The first-order valence-corrected chi connectivity index (χ1v) is 15.2. The number of amides is 1. The largest absolute Gasteiger partial charge is 0.497 e. The summed E-state index contributed by atoms with van der Waals surface area (Å²) in [6, 6.07) is 17.9. The average molecular weight is 577 g/mol. The Balaban J connectivity index is 1.44. The minimum absolute atomic E-state index is 0.00492. The quantitative estimate of drug-likeness (QED) is 0.331. The molecule has 216 valence electrons. The number of anilines is 2.